The topological polar surface area (TPSA) is 126 Å². The van der Waals surface area contributed by atoms with Crippen molar-refractivity contribution in [3.63, 3.8) is 0 Å². The summed E-state index contributed by atoms with van der Waals surface area (Å²) in [6.07, 6.45) is -1.19. The number of hydrogen-bond donors (Lipinski definition) is 2. The van der Waals surface area contributed by atoms with Crippen molar-refractivity contribution in [3.05, 3.63) is 12.7 Å². The van der Waals surface area contributed by atoms with E-state index in [0.29, 0.717) is 6.08 Å². The molecule has 0 aliphatic carbocycles. The number of aliphatic carboxylic acids is 2. The molecule has 0 aliphatic rings. The van der Waals surface area contributed by atoms with Crippen molar-refractivity contribution in [2.45, 2.75) is 6.42 Å². The molecule has 0 heterocycles. The molecule has 0 aromatic carbocycles. The third-order valence-corrected chi connectivity index (χ3v) is 1.92. The summed E-state index contributed by atoms with van der Waals surface area (Å²) in [4.78, 5) is 54.0. The van der Waals surface area contributed by atoms with Crippen molar-refractivity contribution >= 4 is 29.8 Å². The van der Waals surface area contributed by atoms with E-state index in [-0.39, 0.29) is 0 Å². The van der Waals surface area contributed by atoms with Crippen LogP contribution in [0.25, 0.3) is 0 Å². The molecule has 0 aromatic rings. The van der Waals surface area contributed by atoms with Gasteiger partial charge in [-0.05, 0) is 6.08 Å². The fourth-order valence-electron chi connectivity index (χ4n) is 1.08. The van der Waals surface area contributed by atoms with E-state index >= 15 is 0 Å². The number of carbonyl (C=O) groups is 5. The van der Waals surface area contributed by atoms with Crippen LogP contribution in [0, 0.1) is 5.41 Å². The zero-order valence-corrected chi connectivity index (χ0v) is 8.00. The van der Waals surface area contributed by atoms with Gasteiger partial charge in [0, 0.05) is 0 Å². The van der Waals surface area contributed by atoms with Gasteiger partial charge in [0.05, 0.1) is 6.42 Å². The number of ketones is 2. The summed E-state index contributed by atoms with van der Waals surface area (Å²) in [5, 5.41) is 17.2. The number of rotatable bonds is 7. The van der Waals surface area contributed by atoms with E-state index < -0.39 is 41.6 Å². The monoisotopic (exact) mass is 228 g/mol. The lowest BCUT2D eigenvalue weighted by Gasteiger charge is -2.20. The molecule has 0 spiro atoms. The minimum atomic E-state index is -2.91. The van der Waals surface area contributed by atoms with Gasteiger partial charge >= 0.3 is 11.9 Å². The fourth-order valence-corrected chi connectivity index (χ4v) is 1.08. The number of carboxylic acids is 2. The molecule has 16 heavy (non-hydrogen) atoms. The molecule has 0 aromatic heterocycles. The molecule has 0 saturated carbocycles. The quantitative estimate of drug-likeness (QED) is 0.249. The van der Waals surface area contributed by atoms with Gasteiger partial charge in [-0.2, -0.15) is 0 Å². The van der Waals surface area contributed by atoms with Crippen LogP contribution in [-0.4, -0.2) is 40.0 Å². The highest BCUT2D eigenvalue weighted by molar-refractivity contribution is 6.42. The Morgan fingerprint density at radius 2 is 1.62 bits per heavy atom. The highest BCUT2D eigenvalue weighted by atomic mass is 16.4. The molecule has 0 radical (unpaired) electrons. The largest absolute Gasteiger partial charge is 0.481 e. The normalized spacial score (nSPS) is 13.2. The number of Topliss-reactive ketones (excluding diaryl/α,β-unsaturated/α-hetero) is 1. The molecule has 7 nitrogen and oxygen atoms in total. The minimum absolute atomic E-state index is 0.390. The molecule has 0 rings (SSSR count). The second-order valence-corrected chi connectivity index (χ2v) is 2.83. The van der Waals surface area contributed by atoms with Gasteiger partial charge < -0.3 is 10.2 Å². The van der Waals surface area contributed by atoms with Gasteiger partial charge in [0.25, 0.3) is 0 Å². The van der Waals surface area contributed by atoms with Crippen LogP contribution in [0.3, 0.4) is 0 Å². The van der Waals surface area contributed by atoms with Gasteiger partial charge in [-0.3, -0.25) is 24.0 Å². The second-order valence-electron chi connectivity index (χ2n) is 2.83. The Balaban J connectivity index is 5.75. The van der Waals surface area contributed by atoms with Gasteiger partial charge in [0.2, 0.25) is 11.2 Å². The summed E-state index contributed by atoms with van der Waals surface area (Å²) in [5.41, 5.74) is -2.91. The Hall–Kier alpha value is -2.31. The predicted molar refractivity (Wildman–Crippen MR) is 48.6 cm³/mol. The molecule has 7 heteroatoms. The smallest absolute Gasteiger partial charge is 0.326 e. The first-order valence-electron chi connectivity index (χ1n) is 3.94. The Labute approximate surface area is 89.4 Å². The third kappa shape index (κ3) is 2.19. The Morgan fingerprint density at radius 3 is 1.88 bits per heavy atom. The zero-order chi connectivity index (χ0) is 12.9. The average molecular weight is 228 g/mol. The first-order chi connectivity index (χ1) is 7.32. The molecular weight excluding hydrogens is 220 g/mol. The molecule has 0 saturated heterocycles. The van der Waals surface area contributed by atoms with E-state index in [1.807, 2.05) is 0 Å². The van der Waals surface area contributed by atoms with Crippen LogP contribution in [0.1, 0.15) is 6.42 Å². The molecule has 1 atom stereocenters. The maximum atomic E-state index is 11.3. The second kappa shape index (κ2) is 4.96. The van der Waals surface area contributed by atoms with E-state index in [9.17, 15) is 24.0 Å². The third-order valence-electron chi connectivity index (χ3n) is 1.92. The standard InChI is InChI=1S/C9H8O7/c1-2-5(11)9(8(15)16,3-7(13)14)6(12)4-10/h2,4H,1,3H2,(H,13,14)(H,15,16). The lowest BCUT2D eigenvalue weighted by molar-refractivity contribution is -0.164. The van der Waals surface area contributed by atoms with Crippen LogP contribution in [0.2, 0.25) is 0 Å². The summed E-state index contributed by atoms with van der Waals surface area (Å²) in [7, 11) is 0. The number of allylic oxidation sites excluding steroid dienone is 1. The van der Waals surface area contributed by atoms with Crippen molar-refractivity contribution in [1.82, 2.24) is 0 Å². The van der Waals surface area contributed by atoms with Crippen molar-refractivity contribution in [2.75, 3.05) is 0 Å². The Kier molecular flexibility index (Phi) is 4.25. The lowest BCUT2D eigenvalue weighted by Crippen LogP contribution is -2.47. The van der Waals surface area contributed by atoms with Crippen molar-refractivity contribution in [1.29, 1.82) is 0 Å². The van der Waals surface area contributed by atoms with Crippen LogP contribution in [0.5, 0.6) is 0 Å². The number of carbonyl (C=O) groups excluding carboxylic acids is 3. The van der Waals surface area contributed by atoms with E-state index in [2.05, 4.69) is 6.58 Å². The molecule has 2 N–H and O–H groups in total. The fraction of sp³-hybridized carbons (Fsp3) is 0.222. The molecule has 0 fully saturated rings. The van der Waals surface area contributed by atoms with Crippen LogP contribution in [0.15, 0.2) is 12.7 Å². The molecule has 86 valence electrons. The summed E-state index contributed by atoms with van der Waals surface area (Å²) in [5.74, 6) is -6.63. The number of hydrogen-bond acceptors (Lipinski definition) is 5. The van der Waals surface area contributed by atoms with E-state index in [1.54, 1.807) is 0 Å². The maximum Gasteiger partial charge on any atom is 0.326 e. The van der Waals surface area contributed by atoms with Gasteiger partial charge in [-0.25, -0.2) is 0 Å². The first kappa shape index (κ1) is 13.7. The lowest BCUT2D eigenvalue weighted by atomic mass is 9.76. The average Bonchev–Trinajstić information content (AvgIpc) is 2.22. The molecule has 1 unspecified atom stereocenters. The van der Waals surface area contributed by atoms with Gasteiger partial charge in [0.15, 0.2) is 12.1 Å². The van der Waals surface area contributed by atoms with E-state index in [0.717, 1.165) is 0 Å². The molecule has 0 amide bonds. The predicted octanol–water partition coefficient (Wildman–Crippen LogP) is -0.945. The van der Waals surface area contributed by atoms with Crippen molar-refractivity contribution < 1.29 is 34.2 Å². The van der Waals surface area contributed by atoms with Gasteiger partial charge in [-0.1, -0.05) is 6.58 Å². The zero-order valence-electron chi connectivity index (χ0n) is 8.00. The van der Waals surface area contributed by atoms with Gasteiger partial charge in [-0.15, -0.1) is 0 Å². The highest BCUT2D eigenvalue weighted by Crippen LogP contribution is 2.25. The molecular formula is C9H8O7. The van der Waals surface area contributed by atoms with Crippen molar-refractivity contribution in [2.24, 2.45) is 5.41 Å². The summed E-state index contributed by atoms with van der Waals surface area (Å²) in [6, 6.07) is 0. The van der Waals surface area contributed by atoms with Crippen molar-refractivity contribution in [3.8, 4) is 0 Å². The van der Waals surface area contributed by atoms with Crippen LogP contribution >= 0.6 is 0 Å². The van der Waals surface area contributed by atoms with E-state index in [1.165, 1.54) is 0 Å². The minimum Gasteiger partial charge on any atom is -0.481 e. The first-order valence-corrected chi connectivity index (χ1v) is 3.94. The summed E-state index contributed by atoms with van der Waals surface area (Å²) >= 11 is 0. The summed E-state index contributed by atoms with van der Waals surface area (Å²) in [6.45, 7) is 2.96. The summed E-state index contributed by atoms with van der Waals surface area (Å²) < 4.78 is 0. The Bertz CT molecular complexity index is 359. The molecule has 0 aliphatic heterocycles. The van der Waals surface area contributed by atoms with Crippen LogP contribution < -0.4 is 0 Å². The number of aldehydes is 1. The van der Waals surface area contributed by atoms with E-state index in [4.69, 9.17) is 10.2 Å². The van der Waals surface area contributed by atoms with Crippen LogP contribution in [0.4, 0.5) is 0 Å². The van der Waals surface area contributed by atoms with Crippen LogP contribution in [-0.2, 0) is 24.0 Å². The molecule has 0 bridgehead atoms. The maximum absolute atomic E-state index is 11.3. The number of carboxylic acid groups (broad SMARTS) is 2. The SMILES string of the molecule is C=CC(=O)C(CC(=O)O)(C(=O)O)C(=O)C=O. The Morgan fingerprint density at radius 1 is 1.12 bits per heavy atom. The van der Waals surface area contributed by atoms with Gasteiger partial charge in [0.1, 0.15) is 0 Å². The highest BCUT2D eigenvalue weighted by Gasteiger charge is 2.53.